The molecule has 0 aromatic carbocycles. The molecule has 1 aliphatic rings. The van der Waals surface area contributed by atoms with E-state index in [1.54, 1.807) is 0 Å². The second-order valence-corrected chi connectivity index (χ2v) is 5.25. The number of aldehydes is 1. The highest BCUT2D eigenvalue weighted by atomic mass is 32.2. The minimum atomic E-state index is -0.396. The van der Waals surface area contributed by atoms with Crippen LogP contribution >= 0.6 is 11.8 Å². The van der Waals surface area contributed by atoms with Crippen molar-refractivity contribution in [3.05, 3.63) is 29.6 Å². The van der Waals surface area contributed by atoms with Gasteiger partial charge in [-0.05, 0) is 6.07 Å². The Kier molecular flexibility index (Phi) is 5.04. The second-order valence-electron chi connectivity index (χ2n) is 4.21. The van der Waals surface area contributed by atoms with Crippen molar-refractivity contribution in [1.29, 1.82) is 0 Å². The molecule has 0 saturated carbocycles. The fourth-order valence-corrected chi connectivity index (χ4v) is 2.40. The summed E-state index contributed by atoms with van der Waals surface area (Å²) in [6.45, 7) is 0.288. The Hall–Kier alpha value is -2.22. The number of thioether (sulfide) groups is 1. The summed E-state index contributed by atoms with van der Waals surface area (Å²) in [5.74, 6) is -0.571. The maximum atomic E-state index is 12.0. The summed E-state index contributed by atoms with van der Waals surface area (Å²) in [5.41, 5.74) is 0.623. The van der Waals surface area contributed by atoms with E-state index in [0.717, 1.165) is 11.2 Å². The van der Waals surface area contributed by atoms with Gasteiger partial charge in [-0.1, -0.05) is 0 Å². The molecule has 110 valence electrons. The molecule has 0 aliphatic carbocycles. The van der Waals surface area contributed by atoms with Crippen LogP contribution in [0.3, 0.4) is 0 Å². The Morgan fingerprint density at radius 3 is 2.81 bits per heavy atom. The van der Waals surface area contributed by atoms with Crippen LogP contribution < -0.4 is 5.32 Å². The SMILES string of the molecule is O=CCSCC(=O)NCCN1C(=O)c2ccncc2C1=O. The van der Waals surface area contributed by atoms with Gasteiger partial charge in [0, 0.05) is 31.2 Å². The summed E-state index contributed by atoms with van der Waals surface area (Å²) in [4.78, 5) is 50.5. The number of nitrogens with one attached hydrogen (secondary N) is 1. The van der Waals surface area contributed by atoms with Crippen molar-refractivity contribution in [3.63, 3.8) is 0 Å². The average molecular weight is 307 g/mol. The van der Waals surface area contributed by atoms with Gasteiger partial charge in [0.1, 0.15) is 6.29 Å². The number of aromatic nitrogens is 1. The topological polar surface area (TPSA) is 96.4 Å². The number of hydrogen-bond acceptors (Lipinski definition) is 6. The average Bonchev–Trinajstić information content (AvgIpc) is 2.73. The largest absolute Gasteiger partial charge is 0.354 e. The van der Waals surface area contributed by atoms with Crippen LogP contribution in [-0.4, -0.2) is 58.5 Å². The Morgan fingerprint density at radius 2 is 2.10 bits per heavy atom. The molecule has 7 nitrogen and oxygen atoms in total. The minimum Gasteiger partial charge on any atom is -0.354 e. The molecule has 8 heteroatoms. The molecule has 0 spiro atoms. The first-order valence-corrected chi connectivity index (χ1v) is 7.39. The standard InChI is InChI=1S/C13H13N3O4S/c17-5-6-21-8-11(18)15-3-4-16-12(19)9-1-2-14-7-10(9)13(16)20/h1-2,5,7H,3-4,6,8H2,(H,15,18). The van der Waals surface area contributed by atoms with Gasteiger partial charge in [0.2, 0.25) is 5.91 Å². The van der Waals surface area contributed by atoms with E-state index in [2.05, 4.69) is 10.3 Å². The van der Waals surface area contributed by atoms with Crippen LogP contribution in [0.25, 0.3) is 0 Å². The molecule has 0 unspecified atom stereocenters. The highest BCUT2D eigenvalue weighted by Crippen LogP contribution is 2.20. The second kappa shape index (κ2) is 6.98. The predicted molar refractivity (Wildman–Crippen MR) is 76.0 cm³/mol. The molecule has 1 N–H and O–H groups in total. The summed E-state index contributed by atoms with van der Waals surface area (Å²) in [7, 11) is 0. The van der Waals surface area contributed by atoms with Crippen LogP contribution in [-0.2, 0) is 9.59 Å². The number of imide groups is 1. The lowest BCUT2D eigenvalue weighted by Gasteiger charge is -2.13. The molecule has 1 aromatic rings. The number of amides is 3. The fraction of sp³-hybridized carbons (Fsp3) is 0.308. The van der Waals surface area contributed by atoms with Crippen LogP contribution in [0.4, 0.5) is 0 Å². The molecule has 1 aromatic heterocycles. The summed E-state index contributed by atoms with van der Waals surface area (Å²) in [6, 6.07) is 1.50. The van der Waals surface area contributed by atoms with E-state index in [-0.39, 0.29) is 42.0 Å². The van der Waals surface area contributed by atoms with E-state index in [0.29, 0.717) is 5.56 Å². The van der Waals surface area contributed by atoms with Crippen molar-refractivity contribution in [1.82, 2.24) is 15.2 Å². The number of nitrogens with zero attached hydrogens (tertiary/aromatic N) is 2. The van der Waals surface area contributed by atoms with Crippen LogP contribution in [0.2, 0.25) is 0 Å². The van der Waals surface area contributed by atoms with Crippen LogP contribution in [0.5, 0.6) is 0 Å². The highest BCUT2D eigenvalue weighted by Gasteiger charge is 2.35. The van der Waals surface area contributed by atoms with E-state index in [9.17, 15) is 19.2 Å². The first kappa shape index (κ1) is 15.2. The van der Waals surface area contributed by atoms with Gasteiger partial charge in [-0.3, -0.25) is 24.3 Å². The summed E-state index contributed by atoms with van der Waals surface area (Å²) >= 11 is 1.20. The first-order valence-electron chi connectivity index (χ1n) is 6.23. The molecule has 2 heterocycles. The summed E-state index contributed by atoms with van der Waals surface area (Å²) < 4.78 is 0. The summed E-state index contributed by atoms with van der Waals surface area (Å²) in [6.07, 6.45) is 3.55. The van der Waals surface area contributed by atoms with Crippen LogP contribution in [0.1, 0.15) is 20.7 Å². The van der Waals surface area contributed by atoms with Crippen molar-refractivity contribution < 1.29 is 19.2 Å². The predicted octanol–water partition coefficient (Wildman–Crippen LogP) is -0.274. The smallest absolute Gasteiger partial charge is 0.263 e. The van der Waals surface area contributed by atoms with Gasteiger partial charge >= 0.3 is 0 Å². The number of rotatable bonds is 7. The molecule has 0 atom stereocenters. The lowest BCUT2D eigenvalue weighted by Crippen LogP contribution is -2.38. The van der Waals surface area contributed by atoms with Crippen LogP contribution in [0, 0.1) is 0 Å². The van der Waals surface area contributed by atoms with E-state index in [1.807, 2.05) is 0 Å². The normalized spacial score (nSPS) is 13.2. The van der Waals surface area contributed by atoms with Crippen molar-refractivity contribution >= 4 is 35.8 Å². The third-order valence-corrected chi connectivity index (χ3v) is 3.69. The first-order chi connectivity index (χ1) is 10.1. The number of carbonyl (C=O) groups excluding carboxylic acids is 4. The molecule has 1 aliphatic heterocycles. The Bertz CT molecular complexity index is 556. The van der Waals surface area contributed by atoms with Gasteiger partial charge in [-0.15, -0.1) is 11.8 Å². The molecule has 3 amide bonds. The number of carbonyl (C=O) groups is 4. The zero-order chi connectivity index (χ0) is 15.2. The number of pyridine rings is 1. The summed E-state index contributed by atoms with van der Waals surface area (Å²) in [5, 5.41) is 2.60. The van der Waals surface area contributed by atoms with Crippen molar-refractivity contribution in [2.75, 3.05) is 24.6 Å². The molecular weight excluding hydrogens is 294 g/mol. The van der Waals surface area contributed by atoms with E-state index < -0.39 is 5.91 Å². The molecule has 0 saturated heterocycles. The quantitative estimate of drug-likeness (QED) is 0.423. The molecule has 0 fully saturated rings. The third-order valence-electron chi connectivity index (χ3n) is 2.85. The van der Waals surface area contributed by atoms with Gasteiger partial charge in [-0.2, -0.15) is 0 Å². The number of fused-ring (bicyclic) bond motifs is 1. The van der Waals surface area contributed by atoms with Crippen LogP contribution in [0.15, 0.2) is 18.5 Å². The van der Waals surface area contributed by atoms with Crippen molar-refractivity contribution in [2.24, 2.45) is 0 Å². The monoisotopic (exact) mass is 307 g/mol. The lowest BCUT2D eigenvalue weighted by atomic mass is 10.2. The minimum absolute atomic E-state index is 0.108. The zero-order valence-corrected chi connectivity index (χ0v) is 11.9. The van der Waals surface area contributed by atoms with Gasteiger partial charge in [0.25, 0.3) is 11.8 Å². The van der Waals surface area contributed by atoms with E-state index >= 15 is 0 Å². The molecule has 2 rings (SSSR count). The fourth-order valence-electron chi connectivity index (χ4n) is 1.90. The van der Waals surface area contributed by atoms with Gasteiger partial charge in [0.15, 0.2) is 0 Å². The Morgan fingerprint density at radius 1 is 1.33 bits per heavy atom. The Labute approximate surface area is 125 Å². The van der Waals surface area contributed by atoms with E-state index in [1.165, 1.54) is 30.2 Å². The van der Waals surface area contributed by atoms with Gasteiger partial charge in [-0.25, -0.2) is 0 Å². The maximum absolute atomic E-state index is 12.0. The molecular formula is C13H13N3O4S. The van der Waals surface area contributed by atoms with E-state index in [4.69, 9.17) is 0 Å². The highest BCUT2D eigenvalue weighted by molar-refractivity contribution is 8.00. The molecule has 0 bridgehead atoms. The zero-order valence-electron chi connectivity index (χ0n) is 11.1. The molecule has 21 heavy (non-hydrogen) atoms. The lowest BCUT2D eigenvalue weighted by molar-refractivity contribution is -0.118. The number of hydrogen-bond donors (Lipinski definition) is 1. The van der Waals surface area contributed by atoms with Crippen molar-refractivity contribution in [2.45, 2.75) is 0 Å². The third kappa shape index (κ3) is 3.46. The molecule has 0 radical (unpaired) electrons. The van der Waals surface area contributed by atoms with Gasteiger partial charge < -0.3 is 10.1 Å². The maximum Gasteiger partial charge on any atom is 0.263 e. The van der Waals surface area contributed by atoms with Gasteiger partial charge in [0.05, 0.1) is 16.9 Å². The Balaban J connectivity index is 1.83. The van der Waals surface area contributed by atoms with Crippen molar-refractivity contribution in [3.8, 4) is 0 Å².